The third kappa shape index (κ3) is 5.58. The smallest absolute Gasteiger partial charge is 0.244 e. The van der Waals surface area contributed by atoms with Crippen LogP contribution in [0.5, 0.6) is 0 Å². The predicted octanol–water partition coefficient (Wildman–Crippen LogP) is 0.667. The summed E-state index contributed by atoms with van der Waals surface area (Å²) in [6.07, 6.45) is 5.39. The minimum atomic E-state index is -0.709. The second kappa shape index (κ2) is 11.8. The van der Waals surface area contributed by atoms with Crippen molar-refractivity contribution in [1.82, 2.24) is 15.5 Å². The number of nitrogens with zero attached hydrogens (tertiary/aromatic N) is 1. The summed E-state index contributed by atoms with van der Waals surface area (Å²) < 4.78 is 4.94. The van der Waals surface area contributed by atoms with Crippen LogP contribution in [0.1, 0.15) is 25.7 Å². The first-order valence-corrected chi connectivity index (χ1v) is 10.3. The number of halogens is 1. The molecular formula is C17H30ClN3O4S. The number of thioether (sulfide) groups is 1. The van der Waals surface area contributed by atoms with E-state index in [0.29, 0.717) is 32.0 Å². The van der Waals surface area contributed by atoms with Crippen LogP contribution in [0.4, 0.5) is 0 Å². The second-order valence-electron chi connectivity index (χ2n) is 6.55. The number of fused-ring (bicyclic) bond motifs is 1. The highest BCUT2D eigenvalue weighted by Crippen LogP contribution is 2.39. The number of nitrogens with one attached hydrogen (secondary N) is 2. The Hall–Kier alpha value is -0.830. The third-order valence-electron chi connectivity index (χ3n) is 4.90. The molecule has 3 atom stereocenters. The summed E-state index contributed by atoms with van der Waals surface area (Å²) in [7, 11) is 1.64. The van der Waals surface area contributed by atoms with Gasteiger partial charge in [-0.05, 0) is 19.1 Å². The minimum Gasteiger partial charge on any atom is -0.383 e. The monoisotopic (exact) mass is 407 g/mol. The van der Waals surface area contributed by atoms with Gasteiger partial charge in [-0.2, -0.15) is 11.8 Å². The second-order valence-corrected chi connectivity index (χ2v) is 7.46. The summed E-state index contributed by atoms with van der Waals surface area (Å²) in [5.41, 5.74) is 0. The van der Waals surface area contributed by atoms with Crippen LogP contribution in [0.2, 0.25) is 0 Å². The molecule has 1 heterocycles. The number of carbonyl (C=O) groups excluding carboxylic acids is 3. The van der Waals surface area contributed by atoms with Gasteiger partial charge in [-0.25, -0.2) is 0 Å². The molecule has 0 aromatic rings. The fourth-order valence-corrected chi connectivity index (χ4v) is 4.23. The maximum atomic E-state index is 12.7. The SMILES string of the molecule is COCCNCCNC(=O)C(CSC)N1C(=O)C2CCCCC2C1=O.Cl. The highest BCUT2D eigenvalue weighted by Gasteiger charge is 2.51. The van der Waals surface area contributed by atoms with Gasteiger partial charge in [0, 0.05) is 32.5 Å². The number of amides is 3. The maximum absolute atomic E-state index is 12.7. The molecule has 3 unspecified atom stereocenters. The van der Waals surface area contributed by atoms with Gasteiger partial charge in [-0.3, -0.25) is 19.3 Å². The highest BCUT2D eigenvalue weighted by atomic mass is 35.5. The molecule has 1 aliphatic heterocycles. The van der Waals surface area contributed by atoms with Crippen molar-refractivity contribution in [2.45, 2.75) is 31.7 Å². The van der Waals surface area contributed by atoms with Crippen LogP contribution in [0, 0.1) is 11.8 Å². The van der Waals surface area contributed by atoms with E-state index in [1.807, 2.05) is 6.26 Å². The van der Waals surface area contributed by atoms with Gasteiger partial charge < -0.3 is 15.4 Å². The fraction of sp³-hybridized carbons (Fsp3) is 0.824. The fourth-order valence-electron chi connectivity index (χ4n) is 3.61. The van der Waals surface area contributed by atoms with Crippen LogP contribution >= 0.6 is 24.2 Å². The van der Waals surface area contributed by atoms with Gasteiger partial charge in [0.25, 0.3) is 0 Å². The zero-order valence-corrected chi connectivity index (χ0v) is 17.1. The van der Waals surface area contributed by atoms with E-state index in [4.69, 9.17) is 4.74 Å². The van der Waals surface area contributed by atoms with Crippen molar-refractivity contribution in [3.63, 3.8) is 0 Å². The normalized spacial score (nSPS) is 23.4. The van der Waals surface area contributed by atoms with Crippen molar-refractivity contribution < 1.29 is 19.1 Å². The standard InChI is InChI=1S/C17H29N3O4S.ClH/c1-24-10-9-18-7-8-19-15(21)14(11-25-2)20-16(22)12-5-3-4-6-13(12)17(20)23;/h12-14,18H,3-11H2,1-2H3,(H,19,21);1H. The molecule has 2 aliphatic rings. The zero-order valence-electron chi connectivity index (χ0n) is 15.5. The average molecular weight is 408 g/mol. The molecule has 1 aliphatic carbocycles. The molecule has 26 heavy (non-hydrogen) atoms. The van der Waals surface area contributed by atoms with Crippen LogP contribution in [-0.2, 0) is 19.1 Å². The van der Waals surface area contributed by atoms with Gasteiger partial charge in [0.15, 0.2) is 0 Å². The zero-order chi connectivity index (χ0) is 18.2. The van der Waals surface area contributed by atoms with Gasteiger partial charge in [0.05, 0.1) is 18.4 Å². The van der Waals surface area contributed by atoms with E-state index < -0.39 is 6.04 Å². The van der Waals surface area contributed by atoms with Crippen LogP contribution in [0.3, 0.4) is 0 Å². The van der Waals surface area contributed by atoms with Crippen molar-refractivity contribution in [3.05, 3.63) is 0 Å². The summed E-state index contributed by atoms with van der Waals surface area (Å²) in [6, 6.07) is -0.709. The van der Waals surface area contributed by atoms with E-state index in [9.17, 15) is 14.4 Å². The lowest BCUT2D eigenvalue weighted by Crippen LogP contribution is -2.52. The maximum Gasteiger partial charge on any atom is 0.244 e. The quantitative estimate of drug-likeness (QED) is 0.408. The third-order valence-corrected chi connectivity index (χ3v) is 5.55. The summed E-state index contributed by atoms with van der Waals surface area (Å²) in [5, 5.41) is 5.99. The minimum absolute atomic E-state index is 0. The van der Waals surface area contributed by atoms with Gasteiger partial charge in [-0.1, -0.05) is 12.8 Å². The molecule has 2 N–H and O–H groups in total. The Kier molecular flexibility index (Phi) is 10.5. The first kappa shape index (κ1) is 23.2. The van der Waals surface area contributed by atoms with Crippen LogP contribution in [0.15, 0.2) is 0 Å². The summed E-state index contributed by atoms with van der Waals surface area (Å²) >= 11 is 1.47. The van der Waals surface area contributed by atoms with Crippen LogP contribution in [0.25, 0.3) is 0 Å². The predicted molar refractivity (Wildman–Crippen MR) is 104 cm³/mol. The van der Waals surface area contributed by atoms with Gasteiger partial charge in [0.1, 0.15) is 6.04 Å². The molecule has 1 saturated heterocycles. The molecule has 3 amide bonds. The Bertz CT molecular complexity index is 471. The molecule has 7 nitrogen and oxygen atoms in total. The molecule has 0 aromatic carbocycles. The van der Waals surface area contributed by atoms with E-state index in [2.05, 4.69) is 10.6 Å². The lowest BCUT2D eigenvalue weighted by atomic mass is 9.81. The first-order chi connectivity index (χ1) is 12.1. The number of ether oxygens (including phenoxy) is 1. The van der Waals surface area contributed by atoms with E-state index in [1.165, 1.54) is 16.7 Å². The number of hydrogen-bond donors (Lipinski definition) is 2. The van der Waals surface area contributed by atoms with Crippen molar-refractivity contribution in [1.29, 1.82) is 0 Å². The van der Waals surface area contributed by atoms with Crippen molar-refractivity contribution in [3.8, 4) is 0 Å². The Morgan fingerprint density at radius 2 is 1.81 bits per heavy atom. The molecule has 0 bridgehead atoms. The van der Waals surface area contributed by atoms with Crippen molar-refractivity contribution >= 4 is 41.9 Å². The van der Waals surface area contributed by atoms with E-state index in [1.54, 1.807) is 7.11 Å². The Morgan fingerprint density at radius 3 is 2.35 bits per heavy atom. The van der Waals surface area contributed by atoms with Crippen molar-refractivity contribution in [2.75, 3.05) is 45.4 Å². The van der Waals surface area contributed by atoms with Crippen molar-refractivity contribution in [2.24, 2.45) is 11.8 Å². The number of methoxy groups -OCH3 is 1. The van der Waals surface area contributed by atoms with Crippen LogP contribution in [-0.4, -0.2) is 74.0 Å². The molecule has 0 radical (unpaired) electrons. The van der Waals surface area contributed by atoms with Gasteiger partial charge >= 0.3 is 0 Å². The number of imide groups is 1. The van der Waals surface area contributed by atoms with Crippen LogP contribution < -0.4 is 10.6 Å². The Labute approximate surface area is 165 Å². The number of hydrogen-bond acceptors (Lipinski definition) is 6. The summed E-state index contributed by atoms with van der Waals surface area (Å²) in [4.78, 5) is 39.3. The molecule has 2 fully saturated rings. The molecule has 1 saturated carbocycles. The molecule has 2 rings (SSSR count). The topological polar surface area (TPSA) is 87.7 Å². The Morgan fingerprint density at radius 1 is 1.19 bits per heavy atom. The molecular weight excluding hydrogens is 378 g/mol. The van der Waals surface area contributed by atoms with E-state index in [-0.39, 0.29) is 42.0 Å². The number of carbonyl (C=O) groups is 3. The highest BCUT2D eigenvalue weighted by molar-refractivity contribution is 7.98. The molecule has 0 aromatic heterocycles. The summed E-state index contributed by atoms with van der Waals surface area (Å²) in [6.45, 7) is 2.40. The lowest BCUT2D eigenvalue weighted by molar-refractivity contribution is -0.147. The van der Waals surface area contributed by atoms with Gasteiger partial charge in [-0.15, -0.1) is 12.4 Å². The van der Waals surface area contributed by atoms with E-state index in [0.717, 1.165) is 25.7 Å². The number of likely N-dealkylation sites (tertiary alicyclic amines) is 1. The van der Waals surface area contributed by atoms with Gasteiger partial charge in [0.2, 0.25) is 17.7 Å². The number of rotatable bonds is 10. The first-order valence-electron chi connectivity index (χ1n) is 8.95. The average Bonchev–Trinajstić information content (AvgIpc) is 2.87. The molecule has 150 valence electrons. The molecule has 0 spiro atoms. The van der Waals surface area contributed by atoms with E-state index >= 15 is 0 Å². The lowest BCUT2D eigenvalue weighted by Gasteiger charge is -2.25. The summed E-state index contributed by atoms with van der Waals surface area (Å²) in [5.74, 6) is -0.546. The molecule has 9 heteroatoms. The Balaban J connectivity index is 0.00000338. The largest absolute Gasteiger partial charge is 0.383 e.